The zero-order valence-corrected chi connectivity index (χ0v) is 21.2. The van der Waals surface area contributed by atoms with Gasteiger partial charge in [0.2, 0.25) is 15.9 Å². The summed E-state index contributed by atoms with van der Waals surface area (Å²) in [6.07, 6.45) is 1.35. The van der Waals surface area contributed by atoms with Crippen LogP contribution in [0.2, 0.25) is 0 Å². The molecule has 1 amide bonds. The van der Waals surface area contributed by atoms with Crippen LogP contribution in [0.15, 0.2) is 53.4 Å². The van der Waals surface area contributed by atoms with Crippen LogP contribution < -0.4 is 10.2 Å². The lowest BCUT2D eigenvalue weighted by atomic mass is 9.99. The zero-order valence-electron chi connectivity index (χ0n) is 19.5. The van der Waals surface area contributed by atoms with E-state index in [9.17, 15) is 13.2 Å². The van der Waals surface area contributed by atoms with Crippen molar-refractivity contribution in [1.29, 1.82) is 0 Å². The van der Waals surface area contributed by atoms with Gasteiger partial charge in [0.15, 0.2) is 0 Å². The van der Waals surface area contributed by atoms with E-state index in [0.717, 1.165) is 44.5 Å². The molecule has 2 aliphatic heterocycles. The molecule has 0 saturated carbocycles. The maximum Gasteiger partial charge on any atom is 0.245 e. The Bertz CT molecular complexity index is 1260. The number of benzene rings is 2. The highest BCUT2D eigenvalue weighted by atomic mass is 32.2. The van der Waals surface area contributed by atoms with Crippen LogP contribution in [0.4, 0.5) is 5.69 Å². The van der Waals surface area contributed by atoms with Crippen LogP contribution in [0, 0.1) is 5.92 Å². The van der Waals surface area contributed by atoms with Gasteiger partial charge in [0.1, 0.15) is 15.9 Å². The molecule has 0 bridgehead atoms. The van der Waals surface area contributed by atoms with E-state index in [1.165, 1.54) is 9.99 Å². The molecule has 2 fully saturated rings. The van der Waals surface area contributed by atoms with Gasteiger partial charge >= 0.3 is 0 Å². The van der Waals surface area contributed by atoms with Crippen molar-refractivity contribution >= 4 is 44.4 Å². The second kappa shape index (κ2) is 10.6. The highest BCUT2D eigenvalue weighted by Gasteiger charge is 2.34. The topological polar surface area (TPSA) is 98.7 Å². The van der Waals surface area contributed by atoms with Crippen molar-refractivity contribution in [1.82, 2.24) is 23.3 Å². The molecule has 0 unspecified atom stereocenters. The summed E-state index contributed by atoms with van der Waals surface area (Å²) < 4.78 is 36.4. The number of para-hydroxylation sites is 1. The molecule has 2 saturated heterocycles. The third-order valence-corrected chi connectivity index (χ3v) is 9.28. The number of rotatable bonds is 7. The summed E-state index contributed by atoms with van der Waals surface area (Å²) in [5.41, 5.74) is 2.22. The molecule has 9 nitrogen and oxygen atoms in total. The van der Waals surface area contributed by atoms with E-state index >= 15 is 0 Å². The van der Waals surface area contributed by atoms with Gasteiger partial charge in [-0.15, -0.1) is 0 Å². The van der Waals surface area contributed by atoms with Crippen LogP contribution in [0.1, 0.15) is 12.8 Å². The summed E-state index contributed by atoms with van der Waals surface area (Å²) >= 11 is 1.00. The Balaban J connectivity index is 1.12. The van der Waals surface area contributed by atoms with E-state index in [0.29, 0.717) is 37.0 Å². The Hall–Kier alpha value is -2.60. The Labute approximate surface area is 210 Å². The number of piperazine rings is 1. The number of piperidine rings is 1. The molecule has 35 heavy (non-hydrogen) atoms. The van der Waals surface area contributed by atoms with Gasteiger partial charge in [0.25, 0.3) is 0 Å². The number of nitrogens with one attached hydrogen (secondary N) is 1. The van der Waals surface area contributed by atoms with Crippen LogP contribution in [-0.4, -0.2) is 84.6 Å². The normalized spacial score (nSPS) is 20.2. The molecule has 2 aromatic carbocycles. The number of anilines is 1. The summed E-state index contributed by atoms with van der Waals surface area (Å²) in [6, 6.07) is 15.4. The van der Waals surface area contributed by atoms with E-state index in [2.05, 4.69) is 48.1 Å². The summed E-state index contributed by atoms with van der Waals surface area (Å²) in [6.45, 7) is 5.81. The molecule has 186 valence electrons. The second-order valence-electron chi connectivity index (χ2n) is 9.05. The van der Waals surface area contributed by atoms with Crippen molar-refractivity contribution in [3.63, 3.8) is 0 Å². The molecule has 0 spiro atoms. The van der Waals surface area contributed by atoms with E-state index in [1.807, 2.05) is 6.07 Å². The van der Waals surface area contributed by atoms with Crippen molar-refractivity contribution in [2.45, 2.75) is 17.7 Å². The third-order valence-electron chi connectivity index (χ3n) is 6.84. The fourth-order valence-electron chi connectivity index (χ4n) is 4.85. The fraction of sp³-hybridized carbons (Fsp3) is 0.458. The summed E-state index contributed by atoms with van der Waals surface area (Å²) in [4.78, 5) is 17.8. The molecule has 2 aliphatic rings. The largest absolute Gasteiger partial charge is 0.369 e. The van der Waals surface area contributed by atoms with Gasteiger partial charge in [-0.25, -0.2) is 8.42 Å². The van der Waals surface area contributed by atoms with E-state index in [-0.39, 0.29) is 23.3 Å². The summed E-state index contributed by atoms with van der Waals surface area (Å²) in [5.74, 6) is -0.414. The summed E-state index contributed by atoms with van der Waals surface area (Å²) in [5, 5.41) is 3.04. The van der Waals surface area contributed by atoms with Crippen LogP contribution in [-0.2, 0) is 14.8 Å². The van der Waals surface area contributed by atoms with Crippen molar-refractivity contribution in [2.24, 2.45) is 5.92 Å². The number of nitrogens with zero attached hydrogens (tertiary/aromatic N) is 5. The molecule has 3 aromatic rings. The predicted molar refractivity (Wildman–Crippen MR) is 137 cm³/mol. The molecule has 5 rings (SSSR count). The van der Waals surface area contributed by atoms with E-state index in [4.69, 9.17) is 0 Å². The van der Waals surface area contributed by atoms with E-state index in [1.54, 1.807) is 18.2 Å². The number of amides is 1. The number of sulfonamides is 1. The number of hydrogen-bond acceptors (Lipinski definition) is 8. The highest BCUT2D eigenvalue weighted by molar-refractivity contribution is 7.89. The second-order valence-corrected chi connectivity index (χ2v) is 11.5. The Morgan fingerprint density at radius 2 is 1.80 bits per heavy atom. The lowest BCUT2D eigenvalue weighted by Gasteiger charge is -2.36. The number of hydrogen-bond donors (Lipinski definition) is 1. The van der Waals surface area contributed by atoms with E-state index < -0.39 is 10.0 Å². The van der Waals surface area contributed by atoms with Gasteiger partial charge in [0.05, 0.1) is 17.6 Å². The van der Waals surface area contributed by atoms with Crippen LogP contribution in [0.5, 0.6) is 0 Å². The lowest BCUT2D eigenvalue weighted by molar-refractivity contribution is -0.126. The van der Waals surface area contributed by atoms with Gasteiger partial charge in [0, 0.05) is 58.0 Å². The summed E-state index contributed by atoms with van der Waals surface area (Å²) in [7, 11) is -3.75. The SMILES string of the molecule is O=C(NCCN1CCN(c2ccccc2)CC1)[C@H]1CCCN(S(=O)(=O)c2cccc3nsnc23)C1. The first-order valence-electron chi connectivity index (χ1n) is 12.0. The average Bonchev–Trinajstić information content (AvgIpc) is 3.39. The maximum atomic E-state index is 13.3. The first kappa shape index (κ1) is 24.1. The van der Waals surface area contributed by atoms with Crippen molar-refractivity contribution in [3.8, 4) is 0 Å². The first-order chi connectivity index (χ1) is 17.0. The molecule has 0 aliphatic carbocycles. The van der Waals surface area contributed by atoms with Crippen molar-refractivity contribution < 1.29 is 13.2 Å². The standard InChI is InChI=1S/C24H30N6O3S2/c31-24(25-11-13-28-14-16-29(17-15-28)20-7-2-1-3-8-20)19-6-5-12-30(18-19)35(32,33)22-10-4-9-21-23(22)27-34-26-21/h1-4,7-10,19H,5-6,11-18H2,(H,25,31)/t19-/m0/s1. The lowest BCUT2D eigenvalue weighted by Crippen LogP contribution is -2.49. The van der Waals surface area contributed by atoms with Crippen LogP contribution in [0.3, 0.4) is 0 Å². The minimum Gasteiger partial charge on any atom is -0.369 e. The number of aromatic nitrogens is 2. The van der Waals surface area contributed by atoms with Gasteiger partial charge < -0.3 is 10.2 Å². The molecule has 1 atom stereocenters. The average molecular weight is 515 g/mol. The first-order valence-corrected chi connectivity index (χ1v) is 14.2. The van der Waals surface area contributed by atoms with Crippen LogP contribution >= 0.6 is 11.7 Å². The fourth-order valence-corrected chi connectivity index (χ4v) is 7.13. The minimum absolute atomic E-state index is 0.0682. The van der Waals surface area contributed by atoms with Gasteiger partial charge in [-0.05, 0) is 37.1 Å². The monoisotopic (exact) mass is 514 g/mol. The van der Waals surface area contributed by atoms with Gasteiger partial charge in [-0.3, -0.25) is 9.69 Å². The van der Waals surface area contributed by atoms with Crippen LogP contribution in [0.25, 0.3) is 11.0 Å². The quantitative estimate of drug-likeness (QED) is 0.515. The number of carbonyl (C=O) groups is 1. The molecule has 3 heterocycles. The highest BCUT2D eigenvalue weighted by Crippen LogP contribution is 2.28. The van der Waals surface area contributed by atoms with Crippen molar-refractivity contribution in [2.75, 3.05) is 57.3 Å². The van der Waals surface area contributed by atoms with Gasteiger partial charge in [-0.1, -0.05) is 24.3 Å². The predicted octanol–water partition coefficient (Wildman–Crippen LogP) is 2.03. The third kappa shape index (κ3) is 5.32. The minimum atomic E-state index is -3.75. The Kier molecular flexibility index (Phi) is 7.28. The number of carbonyl (C=O) groups excluding carboxylic acids is 1. The zero-order chi connectivity index (χ0) is 24.3. The van der Waals surface area contributed by atoms with Gasteiger partial charge in [-0.2, -0.15) is 13.1 Å². The molecule has 1 aromatic heterocycles. The smallest absolute Gasteiger partial charge is 0.245 e. The molecule has 0 radical (unpaired) electrons. The molecule has 11 heteroatoms. The number of fused-ring (bicyclic) bond motifs is 1. The molecular weight excluding hydrogens is 484 g/mol. The molecule has 1 N–H and O–H groups in total. The van der Waals surface area contributed by atoms with Crippen molar-refractivity contribution in [3.05, 3.63) is 48.5 Å². The maximum absolute atomic E-state index is 13.3. The Morgan fingerprint density at radius 3 is 2.60 bits per heavy atom. The molecular formula is C24H30N6O3S2. The Morgan fingerprint density at radius 1 is 1.00 bits per heavy atom.